The average molecular weight is 452 g/mol. The third kappa shape index (κ3) is 5.13. The molecule has 152 valence electrons. The van der Waals surface area contributed by atoms with Crippen molar-refractivity contribution in [2.24, 2.45) is 0 Å². The van der Waals surface area contributed by atoms with E-state index in [2.05, 4.69) is 16.8 Å². The molecule has 0 fully saturated rings. The Balaban J connectivity index is 1.82. The number of rotatable bonds is 8. The second kappa shape index (κ2) is 9.65. The molecule has 1 atom stereocenters. The maximum Gasteiger partial charge on any atom is 0.191 e. The van der Waals surface area contributed by atoms with Crippen LogP contribution in [-0.4, -0.2) is 14.8 Å². The lowest BCUT2D eigenvalue weighted by atomic mass is 10.2. The number of aryl methyl sites for hydroxylation is 1. The number of halogens is 3. The van der Waals surface area contributed by atoms with Crippen LogP contribution in [0.25, 0.3) is 0 Å². The van der Waals surface area contributed by atoms with Gasteiger partial charge in [-0.2, -0.15) is 0 Å². The molecular weight excluding hydrogens is 432 g/mol. The topological polar surface area (TPSA) is 39.9 Å². The molecule has 3 rings (SSSR count). The van der Waals surface area contributed by atoms with Crippen LogP contribution in [0.2, 0.25) is 10.0 Å². The van der Waals surface area contributed by atoms with Crippen molar-refractivity contribution in [3.05, 3.63) is 81.9 Å². The fraction of sp³-hybridized carbons (Fsp3) is 0.238. The number of ether oxygens (including phenoxy) is 1. The molecule has 0 N–H and O–H groups in total. The molecule has 1 heterocycles. The van der Waals surface area contributed by atoms with E-state index in [9.17, 15) is 4.39 Å². The summed E-state index contributed by atoms with van der Waals surface area (Å²) in [6.07, 6.45) is 1.35. The first-order chi connectivity index (χ1) is 13.9. The van der Waals surface area contributed by atoms with Gasteiger partial charge in [-0.3, -0.25) is 4.57 Å². The van der Waals surface area contributed by atoms with Gasteiger partial charge in [-0.15, -0.1) is 16.8 Å². The molecule has 29 heavy (non-hydrogen) atoms. The van der Waals surface area contributed by atoms with Crippen LogP contribution >= 0.6 is 35.0 Å². The van der Waals surface area contributed by atoms with Crippen molar-refractivity contribution in [2.75, 3.05) is 0 Å². The molecule has 1 aromatic heterocycles. The molecule has 1 unspecified atom stereocenters. The number of allylic oxidation sites excluding steroid dienone is 1. The molecule has 0 aliphatic rings. The Hall–Kier alpha value is -2.02. The molecule has 0 spiro atoms. The van der Waals surface area contributed by atoms with Crippen molar-refractivity contribution in [2.45, 2.75) is 37.4 Å². The first kappa shape index (κ1) is 21.7. The molecule has 0 aliphatic carbocycles. The van der Waals surface area contributed by atoms with Crippen LogP contribution in [0.15, 0.2) is 54.2 Å². The smallest absolute Gasteiger partial charge is 0.191 e. The third-order valence-corrected chi connectivity index (χ3v) is 5.88. The third-order valence-electron chi connectivity index (χ3n) is 4.22. The van der Waals surface area contributed by atoms with Crippen LogP contribution in [0.3, 0.4) is 0 Å². The van der Waals surface area contributed by atoms with Crippen LogP contribution in [0, 0.1) is 12.7 Å². The Morgan fingerprint density at radius 2 is 2.03 bits per heavy atom. The SMILES string of the molecule is C=CCn1c(SCc2c(F)cccc2Cl)nnc1C(C)Oc1cc(C)ccc1Cl. The summed E-state index contributed by atoms with van der Waals surface area (Å²) >= 11 is 13.7. The van der Waals surface area contributed by atoms with Gasteiger partial charge in [0.2, 0.25) is 0 Å². The van der Waals surface area contributed by atoms with Crippen molar-refractivity contribution < 1.29 is 9.13 Å². The van der Waals surface area contributed by atoms with Crippen molar-refractivity contribution in [1.29, 1.82) is 0 Å². The molecule has 0 saturated carbocycles. The summed E-state index contributed by atoms with van der Waals surface area (Å²) in [5.41, 5.74) is 1.48. The van der Waals surface area contributed by atoms with E-state index in [1.807, 2.05) is 30.5 Å². The second-order valence-corrected chi connectivity index (χ2v) is 8.18. The first-order valence-electron chi connectivity index (χ1n) is 8.93. The lowest BCUT2D eigenvalue weighted by Gasteiger charge is -2.17. The summed E-state index contributed by atoms with van der Waals surface area (Å²) in [7, 11) is 0. The monoisotopic (exact) mass is 451 g/mol. The van der Waals surface area contributed by atoms with E-state index in [0.717, 1.165) is 5.56 Å². The summed E-state index contributed by atoms with van der Waals surface area (Å²) in [6, 6.07) is 10.2. The highest BCUT2D eigenvalue weighted by atomic mass is 35.5. The lowest BCUT2D eigenvalue weighted by molar-refractivity contribution is 0.210. The van der Waals surface area contributed by atoms with Crippen LogP contribution in [0.5, 0.6) is 5.75 Å². The quantitative estimate of drug-likeness (QED) is 0.283. The summed E-state index contributed by atoms with van der Waals surface area (Å²) in [6.45, 7) is 8.14. The predicted molar refractivity (Wildman–Crippen MR) is 116 cm³/mol. The highest BCUT2D eigenvalue weighted by Gasteiger charge is 2.20. The Labute approximate surface area is 183 Å². The summed E-state index contributed by atoms with van der Waals surface area (Å²) in [4.78, 5) is 0. The number of hydrogen-bond acceptors (Lipinski definition) is 4. The maximum absolute atomic E-state index is 14.1. The van der Waals surface area contributed by atoms with Crippen molar-refractivity contribution in [1.82, 2.24) is 14.8 Å². The van der Waals surface area contributed by atoms with Gasteiger partial charge in [-0.1, -0.05) is 53.2 Å². The highest BCUT2D eigenvalue weighted by molar-refractivity contribution is 7.98. The van der Waals surface area contributed by atoms with E-state index in [1.165, 1.54) is 17.8 Å². The van der Waals surface area contributed by atoms with E-state index in [0.29, 0.717) is 44.6 Å². The van der Waals surface area contributed by atoms with E-state index in [1.54, 1.807) is 24.3 Å². The minimum absolute atomic E-state index is 0.333. The minimum atomic E-state index is -0.395. The van der Waals surface area contributed by atoms with Gasteiger partial charge in [0.05, 0.1) is 5.02 Å². The van der Waals surface area contributed by atoms with Gasteiger partial charge < -0.3 is 4.74 Å². The zero-order valence-corrected chi connectivity index (χ0v) is 18.4. The molecule has 8 heteroatoms. The Kier molecular flexibility index (Phi) is 7.22. The first-order valence-corrected chi connectivity index (χ1v) is 10.7. The molecule has 0 aliphatic heterocycles. The van der Waals surface area contributed by atoms with Crippen molar-refractivity contribution in [3.63, 3.8) is 0 Å². The predicted octanol–water partition coefficient (Wildman–Crippen LogP) is 6.65. The fourth-order valence-electron chi connectivity index (χ4n) is 2.76. The summed E-state index contributed by atoms with van der Waals surface area (Å²) in [5, 5.41) is 10.1. The van der Waals surface area contributed by atoms with Crippen LogP contribution < -0.4 is 4.74 Å². The molecular formula is C21H20Cl2FN3OS. The van der Waals surface area contributed by atoms with Gasteiger partial charge in [0.25, 0.3) is 0 Å². The Morgan fingerprint density at radius 1 is 1.24 bits per heavy atom. The van der Waals surface area contributed by atoms with Crippen molar-refractivity contribution in [3.8, 4) is 5.75 Å². The molecule has 4 nitrogen and oxygen atoms in total. The largest absolute Gasteiger partial charge is 0.481 e. The normalized spacial score (nSPS) is 12.0. The van der Waals surface area contributed by atoms with Gasteiger partial charge in [-0.05, 0) is 43.7 Å². The highest BCUT2D eigenvalue weighted by Crippen LogP contribution is 2.32. The lowest BCUT2D eigenvalue weighted by Crippen LogP contribution is -2.12. The van der Waals surface area contributed by atoms with E-state index in [4.69, 9.17) is 27.9 Å². The molecule has 0 amide bonds. The van der Waals surface area contributed by atoms with Gasteiger partial charge in [-0.25, -0.2) is 4.39 Å². The standard InChI is InChI=1S/C21H20Cl2FN3OS/c1-4-10-27-20(14(3)28-19-11-13(2)8-9-17(19)23)25-26-21(27)29-12-15-16(22)6-5-7-18(15)24/h4-9,11,14H,1,10,12H2,2-3H3. The number of hydrogen-bond donors (Lipinski definition) is 0. The number of benzene rings is 2. The fourth-order valence-corrected chi connectivity index (χ4v) is 4.22. The van der Waals surface area contributed by atoms with E-state index < -0.39 is 6.10 Å². The van der Waals surface area contributed by atoms with Crippen LogP contribution in [0.1, 0.15) is 30.0 Å². The Morgan fingerprint density at radius 3 is 2.76 bits per heavy atom. The van der Waals surface area contributed by atoms with E-state index in [-0.39, 0.29) is 5.82 Å². The average Bonchev–Trinajstić information content (AvgIpc) is 3.07. The van der Waals surface area contributed by atoms with Crippen LogP contribution in [0.4, 0.5) is 4.39 Å². The van der Waals surface area contributed by atoms with Gasteiger partial charge in [0.15, 0.2) is 17.1 Å². The van der Waals surface area contributed by atoms with Crippen molar-refractivity contribution >= 4 is 35.0 Å². The van der Waals surface area contributed by atoms with Gasteiger partial charge in [0.1, 0.15) is 11.6 Å². The summed E-state index contributed by atoms with van der Waals surface area (Å²) < 4.78 is 22.0. The van der Waals surface area contributed by atoms with Gasteiger partial charge in [0, 0.05) is 22.9 Å². The second-order valence-electron chi connectivity index (χ2n) is 6.42. The van der Waals surface area contributed by atoms with Crippen LogP contribution in [-0.2, 0) is 12.3 Å². The minimum Gasteiger partial charge on any atom is -0.481 e. The summed E-state index contributed by atoms with van der Waals surface area (Å²) in [5.74, 6) is 1.20. The Bertz CT molecular complexity index is 1000. The van der Waals surface area contributed by atoms with Gasteiger partial charge >= 0.3 is 0 Å². The maximum atomic E-state index is 14.1. The zero-order valence-electron chi connectivity index (χ0n) is 16.0. The molecule has 2 aromatic carbocycles. The number of thioether (sulfide) groups is 1. The number of nitrogens with zero attached hydrogens (tertiary/aromatic N) is 3. The van der Waals surface area contributed by atoms with E-state index >= 15 is 0 Å². The molecule has 0 radical (unpaired) electrons. The molecule has 3 aromatic rings. The molecule has 0 bridgehead atoms. The zero-order chi connectivity index (χ0) is 21.0. The number of aromatic nitrogens is 3. The molecule has 0 saturated heterocycles.